The van der Waals surface area contributed by atoms with Crippen molar-refractivity contribution in [3.8, 4) is 0 Å². The van der Waals surface area contributed by atoms with Crippen LogP contribution in [0.15, 0.2) is 82.2 Å². The van der Waals surface area contributed by atoms with Gasteiger partial charge in [0.25, 0.3) is 0 Å². The normalized spacial score (nSPS) is 11.6. The topological polar surface area (TPSA) is 67.3 Å². The summed E-state index contributed by atoms with van der Waals surface area (Å²) < 4.78 is 27.4. The first kappa shape index (κ1) is 22.6. The average Bonchev–Trinajstić information content (AvgIpc) is 3.19. The maximum Gasteiger partial charge on any atom is 0.230 e. The molecule has 4 aromatic rings. The zero-order chi connectivity index (χ0) is 22.7. The zero-order valence-corrected chi connectivity index (χ0v) is 20.6. The molecule has 0 aliphatic heterocycles. The van der Waals surface area contributed by atoms with Crippen LogP contribution in [0.1, 0.15) is 17.5 Å². The molecule has 1 heterocycles. The zero-order valence-electron chi connectivity index (χ0n) is 17.4. The Bertz CT molecular complexity index is 1350. The fraction of sp³-hybridized carbons (Fsp3) is 0.167. The molecule has 1 amide bonds. The number of hydrogen-bond acceptors (Lipinski definition) is 5. The lowest BCUT2D eigenvalue weighted by Gasteiger charge is -2.20. The van der Waals surface area contributed by atoms with Crippen LogP contribution in [0.25, 0.3) is 10.2 Å². The van der Waals surface area contributed by atoms with Crippen molar-refractivity contribution in [2.45, 2.75) is 24.8 Å². The second kappa shape index (κ2) is 9.52. The van der Waals surface area contributed by atoms with Crippen LogP contribution in [0.2, 0.25) is 0 Å². The van der Waals surface area contributed by atoms with Crippen molar-refractivity contribution in [2.75, 3.05) is 10.7 Å². The molecule has 3 aromatic carbocycles. The highest BCUT2D eigenvalue weighted by Gasteiger charge is 2.23. The van der Waals surface area contributed by atoms with E-state index in [1.807, 2.05) is 55.5 Å². The third-order valence-electron chi connectivity index (χ3n) is 5.02. The number of fused-ring (bicyclic) bond motifs is 1. The molecule has 0 spiro atoms. The van der Waals surface area contributed by atoms with Crippen LogP contribution in [0.5, 0.6) is 0 Å². The predicted octanol–water partition coefficient (Wildman–Crippen LogP) is 5.76. The lowest BCUT2D eigenvalue weighted by molar-refractivity contribution is -0.118. The first-order valence-corrected chi connectivity index (χ1v) is 13.3. The quantitative estimate of drug-likeness (QED) is 0.305. The van der Waals surface area contributed by atoms with Gasteiger partial charge < -0.3 is 0 Å². The number of hydrogen-bond donors (Lipinski definition) is 0. The van der Waals surface area contributed by atoms with Crippen LogP contribution in [-0.4, -0.2) is 25.1 Å². The molecule has 0 aliphatic carbocycles. The summed E-state index contributed by atoms with van der Waals surface area (Å²) in [5, 5.41) is 0.555. The summed E-state index contributed by atoms with van der Waals surface area (Å²) in [5.41, 5.74) is 2.73. The monoisotopic (exact) mass is 528 g/mol. The van der Waals surface area contributed by atoms with Crippen molar-refractivity contribution in [1.82, 2.24) is 4.98 Å². The number of anilines is 1. The highest BCUT2D eigenvalue weighted by atomic mass is 79.9. The van der Waals surface area contributed by atoms with Crippen LogP contribution >= 0.6 is 27.3 Å². The number of nitrogens with zero attached hydrogens (tertiary/aromatic N) is 2. The van der Waals surface area contributed by atoms with Crippen molar-refractivity contribution >= 4 is 58.4 Å². The SMILES string of the molecule is Cc1ccc(S(=O)(=O)CCC(=O)N(Cc2ccccc2)c2nc3ccc(Br)cc3s2)cc1. The van der Waals surface area contributed by atoms with Gasteiger partial charge in [-0.1, -0.05) is 75.3 Å². The number of rotatable bonds is 7. The summed E-state index contributed by atoms with van der Waals surface area (Å²) in [7, 11) is -3.56. The van der Waals surface area contributed by atoms with Gasteiger partial charge in [0.2, 0.25) is 5.91 Å². The van der Waals surface area contributed by atoms with Crippen molar-refractivity contribution in [3.63, 3.8) is 0 Å². The molecule has 32 heavy (non-hydrogen) atoms. The van der Waals surface area contributed by atoms with E-state index in [9.17, 15) is 13.2 Å². The highest BCUT2D eigenvalue weighted by molar-refractivity contribution is 9.10. The highest BCUT2D eigenvalue weighted by Crippen LogP contribution is 2.32. The van der Waals surface area contributed by atoms with Crippen LogP contribution in [0.4, 0.5) is 5.13 Å². The van der Waals surface area contributed by atoms with Gasteiger partial charge in [0.05, 0.1) is 27.4 Å². The third-order valence-corrected chi connectivity index (χ3v) is 8.29. The molecule has 8 heteroatoms. The van der Waals surface area contributed by atoms with E-state index < -0.39 is 9.84 Å². The van der Waals surface area contributed by atoms with E-state index in [0.29, 0.717) is 11.7 Å². The molecule has 0 saturated heterocycles. The number of thiazole rings is 1. The van der Waals surface area contributed by atoms with Crippen molar-refractivity contribution in [1.29, 1.82) is 0 Å². The smallest absolute Gasteiger partial charge is 0.230 e. The van der Waals surface area contributed by atoms with E-state index in [0.717, 1.165) is 25.8 Å². The molecule has 0 N–H and O–H groups in total. The Morgan fingerprint density at radius 3 is 2.47 bits per heavy atom. The molecule has 0 bridgehead atoms. The van der Waals surface area contributed by atoms with Gasteiger partial charge in [-0.15, -0.1) is 0 Å². The first-order chi connectivity index (χ1) is 15.3. The molecule has 4 rings (SSSR count). The minimum absolute atomic E-state index is 0.122. The molecule has 0 radical (unpaired) electrons. The number of amides is 1. The molecule has 5 nitrogen and oxygen atoms in total. The van der Waals surface area contributed by atoms with Crippen molar-refractivity contribution in [3.05, 3.63) is 88.4 Å². The number of aryl methyl sites for hydroxylation is 1. The summed E-state index contributed by atoms with van der Waals surface area (Å²) in [5.74, 6) is -0.529. The Labute approximate surface area is 199 Å². The number of carbonyl (C=O) groups excluding carboxylic acids is 1. The summed E-state index contributed by atoms with van der Waals surface area (Å²) in [6.45, 7) is 2.23. The van der Waals surface area contributed by atoms with Crippen molar-refractivity contribution < 1.29 is 13.2 Å². The van der Waals surface area contributed by atoms with Crippen LogP contribution in [-0.2, 0) is 21.2 Å². The average molecular weight is 529 g/mol. The van der Waals surface area contributed by atoms with E-state index in [1.54, 1.807) is 29.2 Å². The Morgan fingerprint density at radius 2 is 1.75 bits per heavy atom. The Morgan fingerprint density at radius 1 is 1.03 bits per heavy atom. The second-order valence-corrected chi connectivity index (χ2v) is 11.5. The molecule has 0 fully saturated rings. The number of sulfone groups is 1. The van der Waals surface area contributed by atoms with E-state index in [-0.39, 0.29) is 23.0 Å². The lowest BCUT2D eigenvalue weighted by Crippen LogP contribution is -2.31. The van der Waals surface area contributed by atoms with Gasteiger partial charge in [0.1, 0.15) is 0 Å². The first-order valence-electron chi connectivity index (χ1n) is 10.0. The molecular formula is C24H21BrN2O3S2. The summed E-state index contributed by atoms with van der Waals surface area (Å²) in [4.78, 5) is 19.7. The third kappa shape index (κ3) is 5.26. The summed E-state index contributed by atoms with van der Waals surface area (Å²) in [6.07, 6.45) is -0.122. The Balaban J connectivity index is 1.60. The lowest BCUT2D eigenvalue weighted by atomic mass is 10.2. The minimum atomic E-state index is -3.56. The number of aromatic nitrogens is 1. The van der Waals surface area contributed by atoms with Gasteiger partial charge in [0.15, 0.2) is 15.0 Å². The van der Waals surface area contributed by atoms with Gasteiger partial charge in [-0.25, -0.2) is 13.4 Å². The van der Waals surface area contributed by atoms with Crippen molar-refractivity contribution in [2.24, 2.45) is 0 Å². The summed E-state index contributed by atoms with van der Waals surface area (Å²) in [6, 6.07) is 22.1. The largest absolute Gasteiger partial charge is 0.284 e. The standard InChI is InChI=1S/C24H21BrN2O3S2/c1-17-7-10-20(11-8-17)32(29,30)14-13-23(28)27(16-18-5-3-2-4-6-18)24-26-21-12-9-19(25)15-22(21)31-24/h2-12,15H,13-14,16H2,1H3. The van der Waals surface area contributed by atoms with E-state index in [2.05, 4.69) is 20.9 Å². The Kier molecular flexibility index (Phi) is 6.74. The van der Waals surface area contributed by atoms with E-state index in [4.69, 9.17) is 0 Å². The number of carbonyl (C=O) groups is 1. The fourth-order valence-corrected chi connectivity index (χ4v) is 6.01. The predicted molar refractivity (Wildman–Crippen MR) is 133 cm³/mol. The van der Waals surface area contributed by atoms with Gasteiger partial charge in [0, 0.05) is 10.9 Å². The number of halogens is 1. The Hall–Kier alpha value is -2.55. The van der Waals surface area contributed by atoms with Crippen LogP contribution in [0.3, 0.4) is 0 Å². The molecule has 164 valence electrons. The van der Waals surface area contributed by atoms with E-state index in [1.165, 1.54) is 11.3 Å². The maximum absolute atomic E-state index is 13.2. The van der Waals surface area contributed by atoms with Crippen LogP contribution in [0, 0.1) is 6.92 Å². The molecule has 0 saturated carbocycles. The van der Waals surface area contributed by atoms with Crippen LogP contribution < -0.4 is 4.90 Å². The molecular weight excluding hydrogens is 508 g/mol. The molecule has 1 aromatic heterocycles. The van der Waals surface area contributed by atoms with Gasteiger partial charge >= 0.3 is 0 Å². The fourth-order valence-electron chi connectivity index (χ4n) is 3.25. The second-order valence-electron chi connectivity index (χ2n) is 7.46. The maximum atomic E-state index is 13.2. The minimum Gasteiger partial charge on any atom is -0.284 e. The van der Waals surface area contributed by atoms with Gasteiger partial charge in [-0.3, -0.25) is 9.69 Å². The summed E-state index contributed by atoms with van der Waals surface area (Å²) >= 11 is 4.88. The molecule has 0 aliphatic rings. The molecule has 0 atom stereocenters. The van der Waals surface area contributed by atoms with Gasteiger partial charge in [-0.2, -0.15) is 0 Å². The molecule has 0 unspecified atom stereocenters. The number of benzene rings is 3. The van der Waals surface area contributed by atoms with E-state index >= 15 is 0 Å². The van der Waals surface area contributed by atoms with Gasteiger partial charge in [-0.05, 0) is 42.8 Å².